The van der Waals surface area contributed by atoms with Crippen LogP contribution in [0.15, 0.2) is 36.4 Å². The highest BCUT2D eigenvalue weighted by Crippen LogP contribution is 2.33. The molecule has 0 saturated heterocycles. The summed E-state index contributed by atoms with van der Waals surface area (Å²) in [6.45, 7) is 9.87. The van der Waals surface area contributed by atoms with Crippen LogP contribution < -0.4 is 9.47 Å². The van der Waals surface area contributed by atoms with Crippen LogP contribution in [0.5, 0.6) is 11.5 Å². The van der Waals surface area contributed by atoms with Crippen LogP contribution in [0.25, 0.3) is 0 Å². The molecule has 0 bridgehead atoms. The van der Waals surface area contributed by atoms with E-state index in [0.717, 1.165) is 24.0 Å². The SMILES string of the molecule is CCC(C)(CC)Oc1ccc(Cc2ccc(OC(=O)C(C)C)c(Cl)c2)cc1Cl. The number of hydrogen-bond donors (Lipinski definition) is 0. The summed E-state index contributed by atoms with van der Waals surface area (Å²) in [7, 11) is 0. The summed E-state index contributed by atoms with van der Waals surface area (Å²) in [4.78, 5) is 11.7. The van der Waals surface area contributed by atoms with Gasteiger partial charge in [-0.3, -0.25) is 4.79 Å². The van der Waals surface area contributed by atoms with E-state index in [1.54, 1.807) is 19.9 Å². The topological polar surface area (TPSA) is 35.5 Å². The first kappa shape index (κ1) is 22.6. The van der Waals surface area contributed by atoms with E-state index in [9.17, 15) is 4.79 Å². The largest absolute Gasteiger partial charge is 0.486 e. The van der Waals surface area contributed by atoms with E-state index < -0.39 is 0 Å². The Morgan fingerprint density at radius 2 is 1.46 bits per heavy atom. The van der Waals surface area contributed by atoms with Crippen LogP contribution in [-0.2, 0) is 11.2 Å². The molecule has 152 valence electrons. The Bertz CT molecular complexity index is 827. The van der Waals surface area contributed by atoms with Gasteiger partial charge >= 0.3 is 5.97 Å². The number of carbonyl (C=O) groups is 1. The summed E-state index contributed by atoms with van der Waals surface area (Å²) in [6.07, 6.45) is 2.48. The van der Waals surface area contributed by atoms with E-state index in [1.165, 1.54) is 0 Å². The number of esters is 1. The molecule has 0 amide bonds. The zero-order valence-corrected chi connectivity index (χ0v) is 18.7. The average molecular weight is 423 g/mol. The lowest BCUT2D eigenvalue weighted by molar-refractivity contribution is -0.137. The second-order valence-corrected chi connectivity index (χ2v) is 8.36. The highest BCUT2D eigenvalue weighted by molar-refractivity contribution is 6.32. The maximum Gasteiger partial charge on any atom is 0.313 e. The Balaban J connectivity index is 2.12. The van der Waals surface area contributed by atoms with Crippen LogP contribution in [0.4, 0.5) is 0 Å². The maximum atomic E-state index is 11.7. The van der Waals surface area contributed by atoms with Gasteiger partial charge in [-0.2, -0.15) is 0 Å². The minimum absolute atomic E-state index is 0.208. The fourth-order valence-electron chi connectivity index (χ4n) is 2.60. The van der Waals surface area contributed by atoms with Crippen molar-refractivity contribution in [1.29, 1.82) is 0 Å². The maximum absolute atomic E-state index is 11.7. The molecule has 0 radical (unpaired) electrons. The molecular formula is C23H28Cl2O3. The fraction of sp³-hybridized carbons (Fsp3) is 0.435. The van der Waals surface area contributed by atoms with E-state index in [0.29, 0.717) is 28.0 Å². The first-order valence-corrected chi connectivity index (χ1v) is 10.4. The van der Waals surface area contributed by atoms with Gasteiger partial charge in [0.1, 0.15) is 17.1 Å². The first-order valence-electron chi connectivity index (χ1n) is 9.65. The van der Waals surface area contributed by atoms with Crippen LogP contribution in [0.1, 0.15) is 58.6 Å². The van der Waals surface area contributed by atoms with Gasteiger partial charge in [-0.05, 0) is 61.6 Å². The minimum atomic E-state index is -0.303. The molecule has 0 atom stereocenters. The van der Waals surface area contributed by atoms with Crippen molar-refractivity contribution in [2.45, 2.75) is 59.5 Å². The van der Waals surface area contributed by atoms with Gasteiger partial charge in [0.05, 0.1) is 16.0 Å². The summed E-state index contributed by atoms with van der Waals surface area (Å²) in [5.41, 5.74) is 1.84. The average Bonchev–Trinajstić information content (AvgIpc) is 2.66. The Morgan fingerprint density at radius 3 is 1.89 bits per heavy atom. The summed E-state index contributed by atoms with van der Waals surface area (Å²) >= 11 is 12.7. The van der Waals surface area contributed by atoms with E-state index >= 15 is 0 Å². The van der Waals surface area contributed by atoms with Crippen molar-refractivity contribution in [1.82, 2.24) is 0 Å². The second kappa shape index (κ2) is 9.67. The molecular weight excluding hydrogens is 395 g/mol. The predicted molar refractivity (Wildman–Crippen MR) is 116 cm³/mol. The lowest BCUT2D eigenvalue weighted by Crippen LogP contribution is -2.30. The molecule has 0 saturated carbocycles. The molecule has 0 aliphatic carbocycles. The van der Waals surface area contributed by atoms with Crippen molar-refractivity contribution < 1.29 is 14.3 Å². The zero-order chi connectivity index (χ0) is 20.9. The second-order valence-electron chi connectivity index (χ2n) is 7.54. The van der Waals surface area contributed by atoms with Crippen molar-refractivity contribution in [3.8, 4) is 11.5 Å². The molecule has 0 aliphatic rings. The van der Waals surface area contributed by atoms with Gasteiger partial charge in [-0.15, -0.1) is 0 Å². The van der Waals surface area contributed by atoms with E-state index in [-0.39, 0.29) is 17.5 Å². The molecule has 0 N–H and O–H groups in total. The van der Waals surface area contributed by atoms with Gasteiger partial charge < -0.3 is 9.47 Å². The van der Waals surface area contributed by atoms with Crippen molar-refractivity contribution in [3.63, 3.8) is 0 Å². The molecule has 28 heavy (non-hydrogen) atoms. The molecule has 2 rings (SSSR count). The van der Waals surface area contributed by atoms with E-state index in [1.807, 2.05) is 30.3 Å². The van der Waals surface area contributed by atoms with Crippen LogP contribution >= 0.6 is 23.2 Å². The smallest absolute Gasteiger partial charge is 0.313 e. The number of carbonyl (C=O) groups excluding carboxylic acids is 1. The van der Waals surface area contributed by atoms with Gasteiger partial charge in [0.15, 0.2) is 0 Å². The highest BCUT2D eigenvalue weighted by atomic mass is 35.5. The van der Waals surface area contributed by atoms with Gasteiger partial charge in [-0.25, -0.2) is 0 Å². The summed E-state index contributed by atoms with van der Waals surface area (Å²) in [5.74, 6) is 0.568. The summed E-state index contributed by atoms with van der Waals surface area (Å²) in [6, 6.07) is 11.3. The number of benzene rings is 2. The van der Waals surface area contributed by atoms with Crippen LogP contribution in [0.3, 0.4) is 0 Å². The molecule has 0 spiro atoms. The molecule has 2 aromatic carbocycles. The highest BCUT2D eigenvalue weighted by Gasteiger charge is 2.22. The molecule has 2 aromatic rings. The van der Waals surface area contributed by atoms with Crippen LogP contribution in [-0.4, -0.2) is 11.6 Å². The molecule has 0 aromatic heterocycles. The molecule has 0 aliphatic heterocycles. The molecule has 3 nitrogen and oxygen atoms in total. The Labute approximate surface area is 177 Å². The lowest BCUT2D eigenvalue weighted by atomic mass is 10.00. The zero-order valence-electron chi connectivity index (χ0n) is 17.1. The van der Waals surface area contributed by atoms with E-state index in [2.05, 4.69) is 20.8 Å². The summed E-state index contributed by atoms with van der Waals surface area (Å²) < 4.78 is 11.4. The van der Waals surface area contributed by atoms with Gasteiger partial charge in [0.25, 0.3) is 0 Å². The third-order valence-corrected chi connectivity index (χ3v) is 5.53. The molecule has 0 unspecified atom stereocenters. The normalized spacial score (nSPS) is 11.6. The number of ether oxygens (including phenoxy) is 2. The van der Waals surface area contributed by atoms with Crippen molar-refractivity contribution >= 4 is 29.2 Å². The third kappa shape index (κ3) is 5.89. The van der Waals surface area contributed by atoms with Gasteiger partial charge in [0.2, 0.25) is 0 Å². The molecule has 0 heterocycles. The summed E-state index contributed by atoms with van der Waals surface area (Å²) in [5, 5.41) is 1.01. The quantitative estimate of drug-likeness (QED) is 0.335. The standard InChI is InChI=1S/C23H28Cl2O3/c1-6-23(5,7-2)28-21-11-9-17(14-19(21)25)12-16-8-10-20(18(24)13-16)27-22(26)15(3)4/h8-11,13-15H,6-7,12H2,1-5H3. The molecule has 0 fully saturated rings. The minimum Gasteiger partial charge on any atom is -0.486 e. The van der Waals surface area contributed by atoms with Crippen molar-refractivity contribution in [2.75, 3.05) is 0 Å². The van der Waals surface area contributed by atoms with E-state index in [4.69, 9.17) is 32.7 Å². The third-order valence-electron chi connectivity index (χ3n) is 4.93. The Morgan fingerprint density at radius 1 is 0.964 bits per heavy atom. The fourth-order valence-corrected chi connectivity index (χ4v) is 3.08. The molecule has 5 heteroatoms. The Hall–Kier alpha value is -1.71. The predicted octanol–water partition coefficient (Wildman–Crippen LogP) is 7.10. The van der Waals surface area contributed by atoms with Gasteiger partial charge in [0, 0.05) is 0 Å². The van der Waals surface area contributed by atoms with Crippen LogP contribution in [0.2, 0.25) is 10.0 Å². The van der Waals surface area contributed by atoms with Crippen LogP contribution in [0, 0.1) is 5.92 Å². The Kier molecular flexibility index (Phi) is 7.79. The first-order chi connectivity index (χ1) is 13.2. The number of rotatable bonds is 8. The number of halogens is 2. The van der Waals surface area contributed by atoms with Crippen molar-refractivity contribution in [2.24, 2.45) is 5.92 Å². The monoisotopic (exact) mass is 422 g/mol. The number of hydrogen-bond acceptors (Lipinski definition) is 3. The van der Waals surface area contributed by atoms with Gasteiger partial charge in [-0.1, -0.05) is 63.0 Å². The lowest BCUT2D eigenvalue weighted by Gasteiger charge is -2.29. The van der Waals surface area contributed by atoms with Crippen molar-refractivity contribution in [3.05, 3.63) is 57.6 Å².